The molecule has 0 aliphatic heterocycles. The molecule has 0 saturated heterocycles. The van der Waals surface area contributed by atoms with E-state index in [0.717, 1.165) is 20.7 Å². The fourth-order valence-corrected chi connectivity index (χ4v) is 4.40. The van der Waals surface area contributed by atoms with Gasteiger partial charge in [-0.1, -0.05) is 53.2 Å². The number of hydrogen-bond donors (Lipinski definition) is 1. The SMILES string of the molecule is Cc1ccc(Sc2nccn3c(=O)n(CC(=O)Nc4c(C)cccc4Cl)nc23)c(C)c1. The van der Waals surface area contributed by atoms with Crippen LogP contribution in [0, 0.1) is 20.8 Å². The minimum absolute atomic E-state index is 0.237. The number of halogens is 1. The van der Waals surface area contributed by atoms with E-state index in [1.54, 1.807) is 18.5 Å². The van der Waals surface area contributed by atoms with Gasteiger partial charge in [-0.05, 0) is 44.0 Å². The summed E-state index contributed by atoms with van der Waals surface area (Å²) < 4.78 is 2.53. The Labute approximate surface area is 188 Å². The largest absolute Gasteiger partial charge is 0.350 e. The minimum atomic E-state index is -0.411. The van der Waals surface area contributed by atoms with Crippen molar-refractivity contribution in [2.45, 2.75) is 37.2 Å². The van der Waals surface area contributed by atoms with E-state index in [9.17, 15) is 9.59 Å². The van der Waals surface area contributed by atoms with E-state index in [2.05, 4.69) is 21.5 Å². The summed E-state index contributed by atoms with van der Waals surface area (Å²) in [7, 11) is 0. The number of carbonyl (C=O) groups is 1. The molecule has 1 N–H and O–H groups in total. The topological polar surface area (TPSA) is 81.3 Å². The van der Waals surface area contributed by atoms with Gasteiger partial charge in [-0.3, -0.25) is 4.79 Å². The zero-order chi connectivity index (χ0) is 22.1. The first-order valence-corrected chi connectivity index (χ1v) is 10.8. The number of para-hydroxylation sites is 1. The summed E-state index contributed by atoms with van der Waals surface area (Å²) in [4.78, 5) is 30.8. The maximum absolute atomic E-state index is 12.8. The number of hydrogen-bond acceptors (Lipinski definition) is 5. The van der Waals surface area contributed by atoms with Crippen LogP contribution in [0.5, 0.6) is 0 Å². The van der Waals surface area contributed by atoms with Crippen molar-refractivity contribution in [1.82, 2.24) is 19.2 Å². The first-order valence-electron chi connectivity index (χ1n) is 9.58. The number of rotatable bonds is 5. The lowest BCUT2D eigenvalue weighted by atomic mass is 10.2. The molecule has 0 radical (unpaired) electrons. The number of carbonyl (C=O) groups excluding carboxylic acids is 1. The third kappa shape index (κ3) is 4.35. The van der Waals surface area contributed by atoms with Crippen LogP contribution >= 0.6 is 23.4 Å². The van der Waals surface area contributed by atoms with Gasteiger partial charge in [0.15, 0.2) is 5.65 Å². The van der Waals surface area contributed by atoms with Gasteiger partial charge >= 0.3 is 5.69 Å². The van der Waals surface area contributed by atoms with Gasteiger partial charge in [-0.15, -0.1) is 5.10 Å². The molecular weight excluding hydrogens is 434 g/mol. The minimum Gasteiger partial charge on any atom is -0.323 e. The molecule has 0 bridgehead atoms. The van der Waals surface area contributed by atoms with Gasteiger partial charge < -0.3 is 5.32 Å². The molecule has 31 heavy (non-hydrogen) atoms. The Kier molecular flexibility index (Phi) is 5.84. The van der Waals surface area contributed by atoms with Crippen LogP contribution in [0.3, 0.4) is 0 Å². The molecule has 2 aromatic carbocycles. The second-order valence-corrected chi connectivity index (χ2v) is 8.65. The zero-order valence-electron chi connectivity index (χ0n) is 17.2. The molecule has 0 atom stereocenters. The normalized spacial score (nSPS) is 11.1. The zero-order valence-corrected chi connectivity index (χ0v) is 18.8. The van der Waals surface area contributed by atoms with Crippen molar-refractivity contribution in [2.75, 3.05) is 5.32 Å². The van der Waals surface area contributed by atoms with E-state index in [-0.39, 0.29) is 6.54 Å². The van der Waals surface area contributed by atoms with Crippen molar-refractivity contribution in [2.24, 2.45) is 0 Å². The molecule has 0 fully saturated rings. The van der Waals surface area contributed by atoms with E-state index in [1.807, 2.05) is 45.0 Å². The molecule has 158 valence electrons. The Bertz CT molecular complexity index is 1340. The summed E-state index contributed by atoms with van der Waals surface area (Å²) in [5.74, 6) is -0.391. The molecule has 0 unspecified atom stereocenters. The number of nitrogens with zero attached hydrogens (tertiary/aromatic N) is 4. The van der Waals surface area contributed by atoms with Crippen LogP contribution < -0.4 is 11.0 Å². The van der Waals surface area contributed by atoms with Gasteiger partial charge in [0.1, 0.15) is 11.6 Å². The number of nitrogens with one attached hydrogen (secondary N) is 1. The number of anilines is 1. The molecule has 4 rings (SSSR count). The highest BCUT2D eigenvalue weighted by Crippen LogP contribution is 2.31. The highest BCUT2D eigenvalue weighted by molar-refractivity contribution is 7.99. The predicted octanol–water partition coefficient (Wildman–Crippen LogP) is 4.26. The van der Waals surface area contributed by atoms with Gasteiger partial charge in [0.05, 0.1) is 10.7 Å². The van der Waals surface area contributed by atoms with Gasteiger partial charge in [0.2, 0.25) is 5.91 Å². The first-order chi connectivity index (χ1) is 14.8. The standard InChI is InChI=1S/C22H20ClN5O2S/c1-13-7-8-17(15(3)11-13)31-21-20-26-28(22(30)27(20)10-9-24-21)12-18(29)25-19-14(2)5-4-6-16(19)23/h4-11H,12H2,1-3H3,(H,25,29). The Morgan fingerprint density at radius 2 is 1.97 bits per heavy atom. The lowest BCUT2D eigenvalue weighted by Crippen LogP contribution is -2.28. The number of fused-ring (bicyclic) bond motifs is 1. The maximum atomic E-state index is 12.8. The van der Waals surface area contributed by atoms with Crippen molar-refractivity contribution in [3.05, 3.63) is 81.0 Å². The molecule has 0 aliphatic carbocycles. The van der Waals surface area contributed by atoms with Gasteiger partial charge in [-0.25, -0.2) is 18.9 Å². The van der Waals surface area contributed by atoms with Crippen molar-refractivity contribution >= 4 is 40.6 Å². The molecule has 0 spiro atoms. The molecule has 2 heterocycles. The van der Waals surface area contributed by atoms with Crippen molar-refractivity contribution in [3.8, 4) is 0 Å². The third-order valence-corrected chi connectivity index (χ3v) is 6.26. The number of amides is 1. The summed E-state index contributed by atoms with van der Waals surface area (Å²) in [5, 5.41) is 8.16. The van der Waals surface area contributed by atoms with Gasteiger partial charge in [-0.2, -0.15) is 0 Å². The van der Waals surface area contributed by atoms with E-state index in [4.69, 9.17) is 11.6 Å². The average Bonchev–Trinajstić information content (AvgIpc) is 3.03. The number of aromatic nitrogens is 4. The predicted molar refractivity (Wildman–Crippen MR) is 122 cm³/mol. The van der Waals surface area contributed by atoms with Gasteiger partial charge in [0, 0.05) is 17.3 Å². The average molecular weight is 454 g/mol. The van der Waals surface area contributed by atoms with Crippen molar-refractivity contribution < 1.29 is 4.79 Å². The molecule has 1 amide bonds. The summed E-state index contributed by atoms with van der Waals surface area (Å²) in [6.45, 7) is 5.68. The van der Waals surface area contributed by atoms with Crippen LogP contribution in [0.4, 0.5) is 5.69 Å². The Hall–Kier alpha value is -3.10. The quantitative estimate of drug-likeness (QED) is 0.488. The third-order valence-electron chi connectivity index (χ3n) is 4.79. The van der Waals surface area contributed by atoms with E-state index < -0.39 is 11.6 Å². The summed E-state index contributed by atoms with van der Waals surface area (Å²) in [6.07, 6.45) is 3.10. The maximum Gasteiger partial charge on any atom is 0.350 e. The molecule has 7 nitrogen and oxygen atoms in total. The Morgan fingerprint density at radius 1 is 1.16 bits per heavy atom. The van der Waals surface area contributed by atoms with Crippen LogP contribution in [0.2, 0.25) is 5.02 Å². The highest BCUT2D eigenvalue weighted by Gasteiger charge is 2.16. The fourth-order valence-electron chi connectivity index (χ4n) is 3.22. The fraction of sp³-hybridized carbons (Fsp3) is 0.182. The van der Waals surface area contributed by atoms with Gasteiger partial charge in [0.25, 0.3) is 0 Å². The first kappa shape index (κ1) is 21.1. The van der Waals surface area contributed by atoms with Crippen molar-refractivity contribution in [1.29, 1.82) is 0 Å². The summed E-state index contributed by atoms with van der Waals surface area (Å²) in [5.41, 5.74) is 3.64. The smallest absolute Gasteiger partial charge is 0.323 e. The number of benzene rings is 2. The Balaban J connectivity index is 1.63. The van der Waals surface area contributed by atoms with Crippen LogP contribution in [-0.2, 0) is 11.3 Å². The lowest BCUT2D eigenvalue weighted by Gasteiger charge is -2.09. The molecule has 2 aromatic heterocycles. The molecule has 9 heteroatoms. The van der Waals surface area contributed by atoms with Crippen molar-refractivity contribution in [3.63, 3.8) is 0 Å². The van der Waals surface area contributed by atoms with Crippen LogP contribution in [0.15, 0.2) is 63.5 Å². The van der Waals surface area contributed by atoms with E-state index in [1.165, 1.54) is 21.7 Å². The number of aryl methyl sites for hydroxylation is 3. The van der Waals surface area contributed by atoms with E-state index in [0.29, 0.717) is 21.4 Å². The summed E-state index contributed by atoms with van der Waals surface area (Å²) >= 11 is 7.61. The highest BCUT2D eigenvalue weighted by atomic mass is 35.5. The van der Waals surface area contributed by atoms with Crippen LogP contribution in [0.1, 0.15) is 16.7 Å². The molecule has 4 aromatic rings. The molecule has 0 aliphatic rings. The monoisotopic (exact) mass is 453 g/mol. The Morgan fingerprint density at radius 3 is 2.71 bits per heavy atom. The second-order valence-electron chi connectivity index (χ2n) is 7.22. The molecule has 0 saturated carbocycles. The summed E-state index contributed by atoms with van der Waals surface area (Å²) in [6, 6.07) is 11.5. The van der Waals surface area contributed by atoms with Crippen LogP contribution in [-0.4, -0.2) is 25.1 Å². The lowest BCUT2D eigenvalue weighted by molar-refractivity contribution is -0.117. The van der Waals surface area contributed by atoms with E-state index >= 15 is 0 Å². The second kappa shape index (κ2) is 8.56. The molecular formula is C22H20ClN5O2S. The van der Waals surface area contributed by atoms with Crippen LogP contribution in [0.25, 0.3) is 5.65 Å².